The topological polar surface area (TPSA) is 87.7 Å². The molecule has 2 N–H and O–H groups in total. The number of carbonyl (C=O) groups excluding carboxylic acids is 3. The standard InChI is InChI=1S/C23H22ClF2N3O4/c24-16-11-13(3-6-17(16)25)27-22(31)15-4-7-18(26)21-14(15)5-8-19(21)28-23(32)33-12-20(30)29-9-1-2-10-29/h3-4,6-7,11,19H,1-2,5,8-10,12H2,(H,27,31)(H,28,32)/t19-/m0/s1. The molecule has 2 aromatic rings. The second kappa shape index (κ2) is 9.74. The molecule has 2 aliphatic rings. The van der Waals surface area contributed by atoms with Crippen LogP contribution < -0.4 is 10.6 Å². The number of halogens is 3. The summed E-state index contributed by atoms with van der Waals surface area (Å²) in [6.45, 7) is 0.927. The first kappa shape index (κ1) is 23.0. The number of nitrogens with one attached hydrogen (secondary N) is 2. The maximum atomic E-state index is 14.6. The maximum Gasteiger partial charge on any atom is 0.408 e. The van der Waals surface area contributed by atoms with E-state index in [4.69, 9.17) is 16.3 Å². The lowest BCUT2D eigenvalue weighted by Crippen LogP contribution is -2.35. The summed E-state index contributed by atoms with van der Waals surface area (Å²) in [5, 5.41) is 5.08. The van der Waals surface area contributed by atoms with Gasteiger partial charge in [-0.15, -0.1) is 0 Å². The van der Waals surface area contributed by atoms with E-state index < -0.39 is 29.7 Å². The highest BCUT2D eigenvalue weighted by atomic mass is 35.5. The number of rotatable bonds is 5. The zero-order valence-corrected chi connectivity index (χ0v) is 18.4. The molecule has 0 unspecified atom stereocenters. The maximum absolute atomic E-state index is 14.6. The molecule has 1 heterocycles. The van der Waals surface area contributed by atoms with Crippen molar-refractivity contribution in [3.05, 3.63) is 63.7 Å². The Bertz CT molecular complexity index is 1110. The average molecular weight is 478 g/mol. The first-order valence-electron chi connectivity index (χ1n) is 10.6. The van der Waals surface area contributed by atoms with Crippen LogP contribution in [-0.4, -0.2) is 42.5 Å². The van der Waals surface area contributed by atoms with Crippen LogP contribution in [0.5, 0.6) is 0 Å². The molecular weight excluding hydrogens is 456 g/mol. The highest BCUT2D eigenvalue weighted by Gasteiger charge is 2.31. The van der Waals surface area contributed by atoms with Crippen LogP contribution in [0.4, 0.5) is 19.3 Å². The van der Waals surface area contributed by atoms with Gasteiger partial charge in [0.05, 0.1) is 11.1 Å². The van der Waals surface area contributed by atoms with E-state index in [1.54, 1.807) is 4.90 Å². The summed E-state index contributed by atoms with van der Waals surface area (Å²) >= 11 is 5.76. The van der Waals surface area contributed by atoms with E-state index in [1.165, 1.54) is 18.2 Å². The fraction of sp³-hybridized carbons (Fsp3) is 0.348. The van der Waals surface area contributed by atoms with Crippen molar-refractivity contribution in [1.82, 2.24) is 10.2 Å². The lowest BCUT2D eigenvalue weighted by molar-refractivity contribution is -0.133. The van der Waals surface area contributed by atoms with E-state index in [2.05, 4.69) is 10.6 Å². The van der Waals surface area contributed by atoms with Gasteiger partial charge in [0.25, 0.3) is 11.8 Å². The Morgan fingerprint density at radius 1 is 1.09 bits per heavy atom. The van der Waals surface area contributed by atoms with Crippen LogP contribution in [0.15, 0.2) is 30.3 Å². The summed E-state index contributed by atoms with van der Waals surface area (Å²) in [5.74, 6) is -1.93. The van der Waals surface area contributed by atoms with Gasteiger partial charge < -0.3 is 20.3 Å². The highest BCUT2D eigenvalue weighted by Crippen LogP contribution is 2.36. The van der Waals surface area contributed by atoms with Crippen LogP contribution >= 0.6 is 11.6 Å². The molecule has 4 rings (SSSR count). The third kappa shape index (κ3) is 5.08. The van der Waals surface area contributed by atoms with Gasteiger partial charge in [-0.1, -0.05) is 11.6 Å². The Labute approximate surface area is 194 Å². The molecule has 1 atom stereocenters. The summed E-state index contributed by atoms with van der Waals surface area (Å²) in [4.78, 5) is 38.7. The van der Waals surface area contributed by atoms with Crippen LogP contribution in [0.3, 0.4) is 0 Å². The summed E-state index contributed by atoms with van der Waals surface area (Å²) < 4.78 is 33.0. The molecule has 174 valence electrons. The van der Waals surface area contributed by atoms with E-state index in [9.17, 15) is 23.2 Å². The summed E-state index contributed by atoms with van der Waals surface area (Å²) in [5.41, 5.74) is 1.22. The molecule has 1 aliphatic carbocycles. The van der Waals surface area contributed by atoms with E-state index >= 15 is 0 Å². The van der Waals surface area contributed by atoms with Crippen molar-refractivity contribution in [2.75, 3.05) is 25.0 Å². The normalized spacial score (nSPS) is 16.9. The van der Waals surface area contributed by atoms with Crippen molar-refractivity contribution in [3.63, 3.8) is 0 Å². The third-order valence-corrected chi connectivity index (χ3v) is 6.12. The van der Waals surface area contributed by atoms with Crippen molar-refractivity contribution in [1.29, 1.82) is 0 Å². The van der Waals surface area contributed by atoms with Crippen molar-refractivity contribution >= 4 is 35.2 Å². The third-order valence-electron chi connectivity index (χ3n) is 5.84. The molecule has 0 bridgehead atoms. The fourth-order valence-electron chi connectivity index (χ4n) is 4.21. The van der Waals surface area contributed by atoms with E-state index in [0.29, 0.717) is 37.2 Å². The molecule has 1 saturated heterocycles. The Morgan fingerprint density at radius 2 is 1.82 bits per heavy atom. The van der Waals surface area contributed by atoms with Crippen LogP contribution in [0.25, 0.3) is 0 Å². The first-order chi connectivity index (χ1) is 15.8. The van der Waals surface area contributed by atoms with E-state index in [0.717, 1.165) is 25.0 Å². The molecule has 0 aromatic heterocycles. The monoisotopic (exact) mass is 477 g/mol. The summed E-state index contributed by atoms with van der Waals surface area (Å²) in [7, 11) is 0. The fourth-order valence-corrected chi connectivity index (χ4v) is 4.39. The van der Waals surface area contributed by atoms with Gasteiger partial charge in [-0.2, -0.15) is 0 Å². The molecule has 0 saturated carbocycles. The number of alkyl carbamates (subject to hydrolysis) is 1. The molecule has 3 amide bonds. The lowest BCUT2D eigenvalue weighted by atomic mass is 10.0. The van der Waals surface area contributed by atoms with Crippen molar-refractivity contribution in [2.45, 2.75) is 31.7 Å². The number of fused-ring (bicyclic) bond motifs is 1. The quantitative estimate of drug-likeness (QED) is 0.675. The van der Waals surface area contributed by atoms with Gasteiger partial charge in [0.1, 0.15) is 11.6 Å². The lowest BCUT2D eigenvalue weighted by Gasteiger charge is -2.18. The van der Waals surface area contributed by atoms with Crippen molar-refractivity contribution in [2.24, 2.45) is 0 Å². The molecule has 1 aliphatic heterocycles. The number of benzene rings is 2. The minimum Gasteiger partial charge on any atom is -0.439 e. The van der Waals surface area contributed by atoms with Crippen LogP contribution in [0.1, 0.15) is 46.8 Å². The number of likely N-dealkylation sites (tertiary alicyclic amines) is 1. The predicted molar refractivity (Wildman–Crippen MR) is 117 cm³/mol. The second-order valence-electron chi connectivity index (χ2n) is 7.97. The summed E-state index contributed by atoms with van der Waals surface area (Å²) in [6.07, 6.45) is 1.77. The second-order valence-corrected chi connectivity index (χ2v) is 8.38. The van der Waals surface area contributed by atoms with Gasteiger partial charge in [-0.05, 0) is 61.6 Å². The van der Waals surface area contributed by atoms with Gasteiger partial charge in [0.2, 0.25) is 0 Å². The Kier molecular flexibility index (Phi) is 6.78. The van der Waals surface area contributed by atoms with E-state index in [1.807, 2.05) is 0 Å². The van der Waals surface area contributed by atoms with Gasteiger partial charge in [-0.25, -0.2) is 13.6 Å². The Balaban J connectivity index is 1.43. The van der Waals surface area contributed by atoms with Gasteiger partial charge >= 0.3 is 6.09 Å². The Morgan fingerprint density at radius 3 is 2.55 bits per heavy atom. The highest BCUT2D eigenvalue weighted by molar-refractivity contribution is 6.31. The smallest absolute Gasteiger partial charge is 0.408 e. The number of anilines is 1. The molecule has 2 aromatic carbocycles. The number of nitrogens with zero attached hydrogens (tertiary/aromatic N) is 1. The molecular formula is C23H22ClF2N3O4. The van der Waals surface area contributed by atoms with Crippen LogP contribution in [-0.2, 0) is 16.0 Å². The molecule has 0 radical (unpaired) electrons. The van der Waals surface area contributed by atoms with E-state index in [-0.39, 0.29) is 28.7 Å². The number of carbonyl (C=O) groups is 3. The molecule has 0 spiro atoms. The van der Waals surface area contributed by atoms with Crippen molar-refractivity contribution < 1.29 is 27.9 Å². The zero-order valence-electron chi connectivity index (χ0n) is 17.6. The number of amides is 3. The number of hydrogen-bond donors (Lipinski definition) is 2. The number of ether oxygens (including phenoxy) is 1. The predicted octanol–water partition coefficient (Wildman–Crippen LogP) is 4.21. The van der Waals surface area contributed by atoms with Gasteiger partial charge in [0, 0.05) is 29.9 Å². The Hall–Kier alpha value is -3.20. The first-order valence-corrected chi connectivity index (χ1v) is 11.0. The minimum absolute atomic E-state index is 0.136. The van der Waals surface area contributed by atoms with Crippen LogP contribution in [0.2, 0.25) is 5.02 Å². The molecule has 7 nitrogen and oxygen atoms in total. The molecule has 33 heavy (non-hydrogen) atoms. The van der Waals surface area contributed by atoms with Gasteiger partial charge in [-0.3, -0.25) is 9.59 Å². The summed E-state index contributed by atoms with van der Waals surface area (Å²) in [6, 6.07) is 5.61. The van der Waals surface area contributed by atoms with Crippen LogP contribution in [0, 0.1) is 11.6 Å². The number of hydrogen-bond acceptors (Lipinski definition) is 4. The SMILES string of the molecule is O=C(N[C@H]1CCc2c(C(=O)Nc3ccc(F)c(Cl)c3)ccc(F)c21)OCC(=O)N1CCCC1. The van der Waals surface area contributed by atoms with Gasteiger partial charge in [0.15, 0.2) is 6.61 Å². The zero-order chi connectivity index (χ0) is 23.5. The molecule has 1 fully saturated rings. The minimum atomic E-state index is -0.824. The van der Waals surface area contributed by atoms with Crippen molar-refractivity contribution in [3.8, 4) is 0 Å². The average Bonchev–Trinajstić information content (AvgIpc) is 3.46. The molecule has 10 heteroatoms. The largest absolute Gasteiger partial charge is 0.439 e.